The fourth-order valence-electron chi connectivity index (χ4n) is 4.22. The van der Waals surface area contributed by atoms with Gasteiger partial charge in [-0.25, -0.2) is 0 Å². The molecule has 2 aliphatic rings. The van der Waals surface area contributed by atoms with Gasteiger partial charge in [0.15, 0.2) is 0 Å². The Kier molecular flexibility index (Phi) is 5.70. The van der Waals surface area contributed by atoms with Crippen molar-refractivity contribution < 1.29 is 19.1 Å². The minimum atomic E-state index is -0.494. The van der Waals surface area contributed by atoms with E-state index in [1.165, 1.54) is 4.90 Å². The summed E-state index contributed by atoms with van der Waals surface area (Å²) in [6, 6.07) is 14.2. The quantitative estimate of drug-likeness (QED) is 0.795. The van der Waals surface area contributed by atoms with Crippen LogP contribution in [0.15, 0.2) is 48.5 Å². The Bertz CT molecular complexity index is 974. The molecule has 2 aromatic carbocycles. The lowest BCUT2D eigenvalue weighted by Gasteiger charge is -2.25. The van der Waals surface area contributed by atoms with Gasteiger partial charge in [0, 0.05) is 13.1 Å². The molecule has 0 saturated carbocycles. The molecule has 0 spiro atoms. The molecule has 4 rings (SSSR count). The van der Waals surface area contributed by atoms with E-state index < -0.39 is 6.04 Å². The van der Waals surface area contributed by atoms with Crippen LogP contribution in [0.5, 0.6) is 5.75 Å². The Hall–Kier alpha value is -3.35. The van der Waals surface area contributed by atoms with Crippen molar-refractivity contribution in [2.24, 2.45) is 0 Å². The highest BCUT2D eigenvalue weighted by molar-refractivity contribution is 6.12. The van der Waals surface area contributed by atoms with Crippen LogP contribution in [0.4, 0.5) is 5.69 Å². The van der Waals surface area contributed by atoms with Crippen LogP contribution in [0.1, 0.15) is 28.8 Å². The number of anilines is 1. The van der Waals surface area contributed by atoms with Crippen molar-refractivity contribution in [1.29, 1.82) is 0 Å². The average Bonchev–Trinajstić information content (AvgIpc) is 3.24. The molecular formula is C23H25N3O4. The maximum Gasteiger partial charge on any atom is 0.256 e. The Balaban J connectivity index is 1.47. The summed E-state index contributed by atoms with van der Waals surface area (Å²) >= 11 is 0. The molecule has 1 N–H and O–H groups in total. The molecule has 0 aliphatic carbocycles. The van der Waals surface area contributed by atoms with E-state index in [1.807, 2.05) is 24.3 Å². The van der Waals surface area contributed by atoms with E-state index >= 15 is 0 Å². The average molecular weight is 407 g/mol. The highest BCUT2D eigenvalue weighted by Gasteiger charge is 2.42. The van der Waals surface area contributed by atoms with Crippen molar-refractivity contribution in [2.75, 3.05) is 31.6 Å². The number of carbonyl (C=O) groups is 3. The van der Waals surface area contributed by atoms with Crippen LogP contribution in [-0.4, -0.2) is 55.4 Å². The maximum atomic E-state index is 13.2. The summed E-state index contributed by atoms with van der Waals surface area (Å²) in [7, 11) is 1.62. The van der Waals surface area contributed by atoms with E-state index in [0.29, 0.717) is 37.2 Å². The van der Waals surface area contributed by atoms with E-state index in [2.05, 4.69) is 5.32 Å². The molecule has 3 amide bonds. The van der Waals surface area contributed by atoms with Gasteiger partial charge in [-0.15, -0.1) is 0 Å². The van der Waals surface area contributed by atoms with Gasteiger partial charge in [0.1, 0.15) is 18.3 Å². The number of fused-ring (bicyclic) bond motifs is 2. The van der Waals surface area contributed by atoms with Crippen LogP contribution in [0.3, 0.4) is 0 Å². The molecule has 1 unspecified atom stereocenters. The third kappa shape index (κ3) is 3.75. The molecular weight excluding hydrogens is 382 g/mol. The smallest absolute Gasteiger partial charge is 0.256 e. The van der Waals surface area contributed by atoms with Gasteiger partial charge in [-0.1, -0.05) is 30.3 Å². The molecule has 1 atom stereocenters. The van der Waals surface area contributed by atoms with Crippen molar-refractivity contribution in [3.8, 4) is 5.75 Å². The third-order valence-electron chi connectivity index (χ3n) is 5.70. The first kappa shape index (κ1) is 19.9. The van der Waals surface area contributed by atoms with Gasteiger partial charge in [-0.2, -0.15) is 0 Å². The number of nitrogens with zero attached hydrogens (tertiary/aromatic N) is 2. The van der Waals surface area contributed by atoms with E-state index in [9.17, 15) is 14.4 Å². The molecule has 0 aromatic heterocycles. The molecule has 30 heavy (non-hydrogen) atoms. The van der Waals surface area contributed by atoms with Crippen LogP contribution < -0.4 is 15.0 Å². The van der Waals surface area contributed by atoms with E-state index in [4.69, 9.17) is 4.74 Å². The lowest BCUT2D eigenvalue weighted by Crippen LogP contribution is -2.48. The van der Waals surface area contributed by atoms with Gasteiger partial charge in [0.25, 0.3) is 5.91 Å². The Morgan fingerprint density at radius 1 is 1.13 bits per heavy atom. The van der Waals surface area contributed by atoms with Crippen LogP contribution >= 0.6 is 0 Å². The zero-order chi connectivity index (χ0) is 21.1. The van der Waals surface area contributed by atoms with E-state index in [1.54, 1.807) is 36.3 Å². The number of benzene rings is 2. The number of nitrogens with one attached hydrogen (secondary N) is 1. The number of amides is 3. The predicted octanol–water partition coefficient (Wildman–Crippen LogP) is 2.01. The number of para-hydroxylation sites is 2. The normalized spacial score (nSPS) is 18.0. The Morgan fingerprint density at radius 3 is 2.73 bits per heavy atom. The van der Waals surface area contributed by atoms with Crippen LogP contribution in [0.2, 0.25) is 0 Å². The topological polar surface area (TPSA) is 79.0 Å². The number of rotatable bonds is 6. The van der Waals surface area contributed by atoms with Gasteiger partial charge in [-0.3, -0.25) is 14.4 Å². The van der Waals surface area contributed by atoms with E-state index in [-0.39, 0.29) is 24.3 Å². The van der Waals surface area contributed by atoms with Gasteiger partial charge < -0.3 is 19.9 Å². The second-order valence-corrected chi connectivity index (χ2v) is 7.51. The third-order valence-corrected chi connectivity index (χ3v) is 5.70. The summed E-state index contributed by atoms with van der Waals surface area (Å²) in [6.45, 7) is 0.888. The zero-order valence-corrected chi connectivity index (χ0v) is 17.0. The summed E-state index contributed by atoms with van der Waals surface area (Å²) in [6.07, 6.45) is 2.04. The van der Waals surface area contributed by atoms with Crippen LogP contribution in [0.25, 0.3) is 0 Å². The fraction of sp³-hybridized carbons (Fsp3) is 0.348. The fourth-order valence-corrected chi connectivity index (χ4v) is 4.22. The first-order valence-corrected chi connectivity index (χ1v) is 10.2. The monoisotopic (exact) mass is 407 g/mol. The second kappa shape index (κ2) is 8.57. The molecule has 1 fully saturated rings. The number of hydrogen-bond acceptors (Lipinski definition) is 4. The van der Waals surface area contributed by atoms with Gasteiger partial charge in [0.2, 0.25) is 11.8 Å². The number of carbonyl (C=O) groups excluding carboxylic acids is 3. The number of ether oxygens (including phenoxy) is 1. The zero-order valence-electron chi connectivity index (χ0n) is 17.0. The van der Waals surface area contributed by atoms with Gasteiger partial charge in [0.05, 0.1) is 18.4 Å². The summed E-state index contributed by atoms with van der Waals surface area (Å²) < 4.78 is 5.34. The second-order valence-electron chi connectivity index (χ2n) is 7.51. The highest BCUT2D eigenvalue weighted by atomic mass is 16.5. The summed E-state index contributed by atoms with van der Waals surface area (Å²) in [5.41, 5.74) is 1.97. The molecule has 7 nitrogen and oxygen atoms in total. The van der Waals surface area contributed by atoms with Crippen molar-refractivity contribution >= 4 is 23.4 Å². The van der Waals surface area contributed by atoms with E-state index in [0.717, 1.165) is 17.7 Å². The number of hydrogen-bond donors (Lipinski definition) is 1. The van der Waals surface area contributed by atoms with Crippen molar-refractivity contribution in [1.82, 2.24) is 10.2 Å². The summed E-state index contributed by atoms with van der Waals surface area (Å²) in [4.78, 5) is 41.9. The first-order chi connectivity index (χ1) is 14.6. The minimum absolute atomic E-state index is 0.112. The first-order valence-electron chi connectivity index (χ1n) is 10.2. The lowest BCUT2D eigenvalue weighted by atomic mass is 10.1. The molecule has 1 saturated heterocycles. The maximum absolute atomic E-state index is 13.2. The van der Waals surface area contributed by atoms with Crippen LogP contribution in [-0.2, 0) is 16.0 Å². The largest absolute Gasteiger partial charge is 0.496 e. The Labute approximate surface area is 175 Å². The standard InChI is InChI=1S/C23H25N3O4/c1-30-20-11-5-2-7-16(20)12-13-24-21(27)15-26-18-9-4-3-8-17(18)22(28)25-14-6-10-19(25)23(26)29/h2-5,7-9,11,19H,6,10,12-15H2,1H3,(H,24,27). The SMILES string of the molecule is COc1ccccc1CCNC(=O)CN1C(=O)C2CCCN2C(=O)c2ccccc21. The molecule has 2 aliphatic heterocycles. The lowest BCUT2D eigenvalue weighted by molar-refractivity contribution is -0.125. The molecule has 0 bridgehead atoms. The minimum Gasteiger partial charge on any atom is -0.496 e. The summed E-state index contributed by atoms with van der Waals surface area (Å²) in [5.74, 6) is 0.196. The molecule has 156 valence electrons. The molecule has 2 heterocycles. The van der Waals surface area contributed by atoms with Crippen molar-refractivity contribution in [3.05, 3.63) is 59.7 Å². The highest BCUT2D eigenvalue weighted by Crippen LogP contribution is 2.32. The van der Waals surface area contributed by atoms with Gasteiger partial charge >= 0.3 is 0 Å². The van der Waals surface area contributed by atoms with Crippen molar-refractivity contribution in [3.63, 3.8) is 0 Å². The summed E-state index contributed by atoms with van der Waals surface area (Å²) in [5, 5.41) is 2.89. The van der Waals surface area contributed by atoms with Crippen LogP contribution in [0, 0.1) is 0 Å². The molecule has 0 radical (unpaired) electrons. The predicted molar refractivity (Wildman–Crippen MR) is 113 cm³/mol. The number of methoxy groups -OCH3 is 1. The van der Waals surface area contributed by atoms with Gasteiger partial charge in [-0.05, 0) is 43.0 Å². The Morgan fingerprint density at radius 2 is 1.90 bits per heavy atom. The molecule has 2 aromatic rings. The molecule has 7 heteroatoms. The van der Waals surface area contributed by atoms with Crippen molar-refractivity contribution in [2.45, 2.75) is 25.3 Å².